The van der Waals surface area contributed by atoms with Crippen molar-refractivity contribution >= 4 is 49.7 Å². The molecule has 6 nitrogen and oxygen atoms in total. The maximum atomic E-state index is 13.6. The van der Waals surface area contributed by atoms with E-state index in [0.717, 1.165) is 11.1 Å². The molecule has 0 aromatic carbocycles. The van der Waals surface area contributed by atoms with Crippen LogP contribution in [0, 0.1) is 6.92 Å². The molecule has 0 spiro atoms. The Morgan fingerprint density at radius 3 is 2.79 bits per heavy atom. The average molecular weight is 435 g/mol. The number of hydrogen-bond donors (Lipinski definition) is 0. The third-order valence-corrected chi connectivity index (χ3v) is 7.64. The van der Waals surface area contributed by atoms with Crippen LogP contribution in [0.1, 0.15) is 24.6 Å². The number of aryl methyl sites for hydroxylation is 1. The van der Waals surface area contributed by atoms with Gasteiger partial charge in [-0.3, -0.25) is 0 Å². The predicted molar refractivity (Wildman–Crippen MR) is 111 cm³/mol. The number of halogens is 2. The summed E-state index contributed by atoms with van der Waals surface area (Å²) in [5, 5.41) is 0.972. The fraction of sp³-hybridized carbons (Fsp3) is 0.211. The molecule has 0 N–H and O–H groups in total. The summed E-state index contributed by atoms with van der Waals surface area (Å²) < 4.78 is 27.2. The molecule has 1 unspecified atom stereocenters. The van der Waals surface area contributed by atoms with Crippen LogP contribution < -0.4 is 0 Å². The molecule has 0 amide bonds. The lowest BCUT2D eigenvalue weighted by atomic mass is 9.91. The van der Waals surface area contributed by atoms with Gasteiger partial charge < -0.3 is 0 Å². The Labute approximate surface area is 172 Å². The molecule has 144 valence electrons. The normalized spacial score (nSPS) is 19.8. The van der Waals surface area contributed by atoms with Crippen molar-refractivity contribution in [1.29, 1.82) is 0 Å². The smallest absolute Gasteiger partial charge is 0.242 e. The molecular formula is C19H16Cl2N4O2S. The maximum Gasteiger partial charge on any atom is 0.248 e. The van der Waals surface area contributed by atoms with Gasteiger partial charge in [0.25, 0.3) is 0 Å². The number of nitrogens with zero attached hydrogens (tertiary/aromatic N) is 4. The average Bonchev–Trinajstić information content (AvgIpc) is 3.10. The lowest BCUT2D eigenvalue weighted by Gasteiger charge is -2.30. The van der Waals surface area contributed by atoms with Crippen molar-refractivity contribution in [2.75, 3.05) is 0 Å². The third kappa shape index (κ3) is 2.94. The van der Waals surface area contributed by atoms with E-state index in [4.69, 9.17) is 23.2 Å². The second-order valence-electron chi connectivity index (χ2n) is 6.87. The second kappa shape index (κ2) is 6.69. The van der Waals surface area contributed by atoms with Crippen LogP contribution in [-0.2, 0) is 10.0 Å². The Bertz CT molecular complexity index is 1260. The van der Waals surface area contributed by atoms with E-state index in [1.54, 1.807) is 43.6 Å². The molecule has 1 aliphatic rings. The zero-order valence-electron chi connectivity index (χ0n) is 15.1. The summed E-state index contributed by atoms with van der Waals surface area (Å²) in [6.45, 7) is 3.54. The molecule has 4 rings (SSSR count). The lowest BCUT2D eigenvalue weighted by Crippen LogP contribution is -2.38. The first-order valence-corrected chi connectivity index (χ1v) is 10.7. The summed E-state index contributed by atoms with van der Waals surface area (Å²) in [7, 11) is -3.84. The third-order valence-electron chi connectivity index (χ3n) is 4.90. The highest BCUT2D eigenvalue weighted by Crippen LogP contribution is 2.38. The van der Waals surface area contributed by atoms with Gasteiger partial charge in [-0.05, 0) is 55.1 Å². The number of hydrogen-bond acceptors (Lipinski definition) is 5. The molecule has 9 heteroatoms. The summed E-state index contributed by atoms with van der Waals surface area (Å²) in [5.74, 6) is 0. The van der Waals surface area contributed by atoms with Gasteiger partial charge in [0.1, 0.15) is 10.3 Å². The van der Waals surface area contributed by atoms with Gasteiger partial charge in [0.05, 0.1) is 5.69 Å². The Hall–Kier alpha value is -2.22. The molecule has 28 heavy (non-hydrogen) atoms. The quantitative estimate of drug-likeness (QED) is 0.450. The summed E-state index contributed by atoms with van der Waals surface area (Å²) in [6, 6.07) is 3.44. The molecule has 0 saturated heterocycles. The van der Waals surface area contributed by atoms with Crippen molar-refractivity contribution in [1.82, 2.24) is 18.9 Å². The molecule has 3 aromatic rings. The van der Waals surface area contributed by atoms with Gasteiger partial charge >= 0.3 is 0 Å². The SMILES string of the molecule is Cc1cnc(Cl)nc1C1=CC=CC(C)(S(=O)(=O)n2ccc3ccnc(Cl)c32)C1. The minimum absolute atomic E-state index is 0.120. The van der Waals surface area contributed by atoms with Crippen LogP contribution in [-0.4, -0.2) is 32.1 Å². The monoisotopic (exact) mass is 434 g/mol. The maximum absolute atomic E-state index is 13.6. The molecule has 1 aliphatic carbocycles. The Balaban J connectivity index is 1.81. The second-order valence-corrected chi connectivity index (χ2v) is 9.84. The van der Waals surface area contributed by atoms with E-state index in [2.05, 4.69) is 15.0 Å². The van der Waals surface area contributed by atoms with E-state index in [0.29, 0.717) is 16.6 Å². The Morgan fingerprint density at radius 1 is 1.21 bits per heavy atom. The van der Waals surface area contributed by atoms with Crippen LogP contribution in [0.4, 0.5) is 0 Å². The van der Waals surface area contributed by atoms with Gasteiger partial charge in [0.2, 0.25) is 15.3 Å². The molecular weight excluding hydrogens is 419 g/mol. The molecule has 1 atom stereocenters. The summed E-state index contributed by atoms with van der Waals surface area (Å²) in [6.07, 6.45) is 10.2. The zero-order valence-corrected chi connectivity index (χ0v) is 17.4. The van der Waals surface area contributed by atoms with Gasteiger partial charge in [-0.1, -0.05) is 29.8 Å². The largest absolute Gasteiger partial charge is 0.248 e. The van der Waals surface area contributed by atoms with Gasteiger partial charge in [-0.2, -0.15) is 0 Å². The highest BCUT2D eigenvalue weighted by molar-refractivity contribution is 7.91. The van der Waals surface area contributed by atoms with E-state index in [9.17, 15) is 8.42 Å². The first kappa shape index (κ1) is 19.1. The van der Waals surface area contributed by atoms with Crippen molar-refractivity contribution in [3.05, 3.63) is 70.6 Å². The van der Waals surface area contributed by atoms with Crippen molar-refractivity contribution < 1.29 is 8.42 Å². The van der Waals surface area contributed by atoms with Gasteiger partial charge in [0.15, 0.2) is 5.15 Å². The highest BCUT2D eigenvalue weighted by Gasteiger charge is 2.41. The Morgan fingerprint density at radius 2 is 2.00 bits per heavy atom. The molecule has 0 aliphatic heterocycles. The van der Waals surface area contributed by atoms with E-state index >= 15 is 0 Å². The van der Waals surface area contributed by atoms with Gasteiger partial charge in [-0.25, -0.2) is 27.3 Å². The predicted octanol–water partition coefficient (Wildman–Crippen LogP) is 4.42. The van der Waals surface area contributed by atoms with Crippen molar-refractivity contribution in [2.24, 2.45) is 0 Å². The van der Waals surface area contributed by atoms with Crippen LogP contribution in [0.15, 0.2) is 49.0 Å². The van der Waals surface area contributed by atoms with E-state index in [1.165, 1.54) is 10.2 Å². The molecule has 0 radical (unpaired) electrons. The van der Waals surface area contributed by atoms with Crippen LogP contribution in [0.5, 0.6) is 0 Å². The Kier molecular flexibility index (Phi) is 4.56. The molecule has 3 aromatic heterocycles. The van der Waals surface area contributed by atoms with Crippen LogP contribution in [0.25, 0.3) is 16.5 Å². The topological polar surface area (TPSA) is 77.7 Å². The molecule has 0 fully saturated rings. The fourth-order valence-corrected chi connectivity index (χ4v) is 5.52. The minimum Gasteiger partial charge on any atom is -0.242 e. The minimum atomic E-state index is -3.84. The first-order chi connectivity index (χ1) is 13.2. The fourth-order valence-electron chi connectivity index (χ4n) is 3.39. The zero-order chi connectivity index (χ0) is 20.1. The van der Waals surface area contributed by atoms with Crippen LogP contribution >= 0.6 is 23.2 Å². The van der Waals surface area contributed by atoms with Crippen molar-refractivity contribution in [3.63, 3.8) is 0 Å². The van der Waals surface area contributed by atoms with Crippen molar-refractivity contribution in [3.8, 4) is 0 Å². The number of allylic oxidation sites excluding steroid dienone is 3. The summed E-state index contributed by atoms with van der Waals surface area (Å²) in [5.41, 5.74) is 2.61. The lowest BCUT2D eigenvalue weighted by molar-refractivity contribution is 0.556. The van der Waals surface area contributed by atoms with Crippen molar-refractivity contribution in [2.45, 2.75) is 25.0 Å². The van der Waals surface area contributed by atoms with E-state index in [1.807, 2.05) is 13.0 Å². The summed E-state index contributed by atoms with van der Waals surface area (Å²) >= 11 is 12.1. The summed E-state index contributed by atoms with van der Waals surface area (Å²) in [4.78, 5) is 12.3. The standard InChI is InChI=1S/C19H16Cl2N4O2S/c1-12-11-23-18(21)24-15(12)14-4-3-7-19(2,10-14)28(26,27)25-9-6-13-5-8-22-17(20)16(13)25/h3-9,11H,10H2,1-2H3. The molecule has 3 heterocycles. The van der Waals surface area contributed by atoms with E-state index in [-0.39, 0.29) is 16.9 Å². The van der Waals surface area contributed by atoms with Crippen LogP contribution in [0.2, 0.25) is 10.4 Å². The van der Waals surface area contributed by atoms with Gasteiger partial charge in [0, 0.05) is 24.0 Å². The highest BCUT2D eigenvalue weighted by atomic mass is 35.5. The number of pyridine rings is 1. The number of aromatic nitrogens is 4. The van der Waals surface area contributed by atoms with E-state index < -0.39 is 14.8 Å². The molecule has 0 bridgehead atoms. The van der Waals surface area contributed by atoms with Crippen LogP contribution in [0.3, 0.4) is 0 Å². The van der Waals surface area contributed by atoms with Gasteiger partial charge in [-0.15, -0.1) is 0 Å². The number of fused-ring (bicyclic) bond motifs is 1. The first-order valence-electron chi connectivity index (χ1n) is 8.47. The number of rotatable bonds is 3. The molecule has 0 saturated carbocycles.